The molecular formula is C11H13BrN4OS. The zero-order valence-electron chi connectivity index (χ0n) is 10.1. The maximum atomic E-state index is 12.2. The van der Waals surface area contributed by atoms with Crippen LogP contribution < -0.4 is 5.73 Å². The third-order valence-corrected chi connectivity index (χ3v) is 4.10. The molecule has 7 heteroatoms. The first-order chi connectivity index (χ1) is 8.47. The molecular weight excluding hydrogens is 316 g/mol. The molecule has 0 aliphatic heterocycles. The molecule has 1 amide bonds. The molecule has 96 valence electrons. The number of hydrogen-bond donors (Lipinski definition) is 1. The van der Waals surface area contributed by atoms with Crippen molar-refractivity contribution in [2.24, 2.45) is 7.05 Å². The summed E-state index contributed by atoms with van der Waals surface area (Å²) in [6, 6.07) is 2.00. The molecule has 0 saturated carbocycles. The number of carbonyl (C=O) groups is 1. The summed E-state index contributed by atoms with van der Waals surface area (Å²) in [6.45, 7) is 0.547. The molecule has 0 aliphatic rings. The van der Waals surface area contributed by atoms with Crippen LogP contribution in [0.15, 0.2) is 22.1 Å². The first-order valence-electron chi connectivity index (χ1n) is 5.25. The SMILES string of the molecule is CN(Cc1cc(Br)cs1)C(=O)c1nn(C)cc1N. The molecule has 2 heterocycles. The van der Waals surface area contributed by atoms with E-state index in [1.807, 2.05) is 11.4 Å². The molecule has 0 bridgehead atoms. The predicted molar refractivity (Wildman–Crippen MR) is 75.4 cm³/mol. The highest BCUT2D eigenvalue weighted by molar-refractivity contribution is 9.10. The average molecular weight is 329 g/mol. The Labute approximate surface area is 117 Å². The minimum Gasteiger partial charge on any atom is -0.396 e. The molecule has 0 saturated heterocycles. The van der Waals surface area contributed by atoms with Crippen LogP contribution in [0.4, 0.5) is 5.69 Å². The Morgan fingerprint density at radius 3 is 2.89 bits per heavy atom. The highest BCUT2D eigenvalue weighted by Crippen LogP contribution is 2.21. The summed E-state index contributed by atoms with van der Waals surface area (Å²) in [6.07, 6.45) is 1.63. The van der Waals surface area contributed by atoms with Crippen LogP contribution in [0.1, 0.15) is 15.4 Å². The van der Waals surface area contributed by atoms with Gasteiger partial charge < -0.3 is 10.6 Å². The number of thiophene rings is 1. The van der Waals surface area contributed by atoms with Crippen molar-refractivity contribution in [1.29, 1.82) is 0 Å². The fourth-order valence-electron chi connectivity index (χ4n) is 1.60. The van der Waals surface area contributed by atoms with Crippen molar-refractivity contribution in [3.8, 4) is 0 Å². The number of hydrogen-bond acceptors (Lipinski definition) is 4. The van der Waals surface area contributed by atoms with Crippen molar-refractivity contribution in [1.82, 2.24) is 14.7 Å². The maximum Gasteiger partial charge on any atom is 0.276 e. The molecule has 5 nitrogen and oxygen atoms in total. The van der Waals surface area contributed by atoms with Gasteiger partial charge in [-0.15, -0.1) is 11.3 Å². The second-order valence-electron chi connectivity index (χ2n) is 4.00. The van der Waals surface area contributed by atoms with Gasteiger partial charge in [0.25, 0.3) is 5.91 Å². The smallest absolute Gasteiger partial charge is 0.276 e. The van der Waals surface area contributed by atoms with Gasteiger partial charge in [-0.1, -0.05) is 0 Å². The second kappa shape index (κ2) is 5.11. The second-order valence-corrected chi connectivity index (χ2v) is 5.91. The fraction of sp³-hybridized carbons (Fsp3) is 0.273. The van der Waals surface area contributed by atoms with Gasteiger partial charge in [-0.25, -0.2) is 0 Å². The number of nitrogens with two attached hydrogens (primary N) is 1. The highest BCUT2D eigenvalue weighted by atomic mass is 79.9. The van der Waals surface area contributed by atoms with E-state index in [0.29, 0.717) is 17.9 Å². The van der Waals surface area contributed by atoms with Crippen LogP contribution in [0.5, 0.6) is 0 Å². The van der Waals surface area contributed by atoms with Crippen LogP contribution in [0.2, 0.25) is 0 Å². The van der Waals surface area contributed by atoms with E-state index in [1.165, 1.54) is 4.68 Å². The lowest BCUT2D eigenvalue weighted by molar-refractivity contribution is 0.0781. The molecule has 0 fully saturated rings. The fourth-order valence-corrected chi connectivity index (χ4v) is 3.10. The van der Waals surface area contributed by atoms with Gasteiger partial charge >= 0.3 is 0 Å². The Kier molecular flexibility index (Phi) is 3.72. The summed E-state index contributed by atoms with van der Waals surface area (Å²) in [7, 11) is 3.48. The number of halogens is 1. The molecule has 2 aromatic heterocycles. The zero-order chi connectivity index (χ0) is 13.3. The van der Waals surface area contributed by atoms with Crippen molar-refractivity contribution in [2.75, 3.05) is 12.8 Å². The van der Waals surface area contributed by atoms with Crippen molar-refractivity contribution >= 4 is 38.9 Å². The summed E-state index contributed by atoms with van der Waals surface area (Å²) < 4.78 is 2.57. The molecule has 0 unspecified atom stereocenters. The van der Waals surface area contributed by atoms with Gasteiger partial charge in [0.15, 0.2) is 5.69 Å². The summed E-state index contributed by atoms with van der Waals surface area (Å²) in [4.78, 5) is 14.9. The van der Waals surface area contributed by atoms with Crippen LogP contribution in [0.25, 0.3) is 0 Å². The van der Waals surface area contributed by atoms with Gasteiger partial charge in [0.2, 0.25) is 0 Å². The summed E-state index contributed by atoms with van der Waals surface area (Å²) in [5.41, 5.74) is 6.45. The van der Waals surface area contributed by atoms with Crippen molar-refractivity contribution in [2.45, 2.75) is 6.54 Å². The van der Waals surface area contributed by atoms with Crippen LogP contribution in [-0.2, 0) is 13.6 Å². The number of carbonyl (C=O) groups excluding carboxylic acids is 1. The van der Waals surface area contributed by atoms with E-state index >= 15 is 0 Å². The number of nitrogens with zero attached hydrogens (tertiary/aromatic N) is 3. The van der Waals surface area contributed by atoms with Crippen molar-refractivity contribution in [3.63, 3.8) is 0 Å². The molecule has 0 radical (unpaired) electrons. The van der Waals surface area contributed by atoms with E-state index in [4.69, 9.17) is 5.73 Å². The Bertz CT molecular complexity index is 577. The quantitative estimate of drug-likeness (QED) is 0.938. The third-order valence-electron chi connectivity index (χ3n) is 2.42. The number of anilines is 1. The number of nitrogen functional groups attached to an aromatic ring is 1. The molecule has 0 aromatic carbocycles. The van der Waals surface area contributed by atoms with Gasteiger partial charge in [-0.05, 0) is 22.0 Å². The van der Waals surface area contributed by atoms with E-state index in [9.17, 15) is 4.79 Å². The van der Waals surface area contributed by atoms with Gasteiger partial charge in [0.1, 0.15) is 0 Å². The van der Waals surface area contributed by atoms with E-state index in [1.54, 1.807) is 36.5 Å². The molecule has 2 N–H and O–H groups in total. The maximum absolute atomic E-state index is 12.2. The Hall–Kier alpha value is -1.34. The largest absolute Gasteiger partial charge is 0.396 e. The Morgan fingerprint density at radius 2 is 2.39 bits per heavy atom. The summed E-state index contributed by atoms with van der Waals surface area (Å²) >= 11 is 4.99. The summed E-state index contributed by atoms with van der Waals surface area (Å²) in [5.74, 6) is -0.169. The summed E-state index contributed by atoms with van der Waals surface area (Å²) in [5, 5.41) is 6.06. The lowest BCUT2D eigenvalue weighted by Crippen LogP contribution is -2.27. The van der Waals surface area contributed by atoms with Crippen LogP contribution in [0.3, 0.4) is 0 Å². The van der Waals surface area contributed by atoms with E-state index in [2.05, 4.69) is 21.0 Å². The third kappa shape index (κ3) is 2.73. The van der Waals surface area contributed by atoms with Gasteiger partial charge in [0, 0.05) is 35.0 Å². The molecule has 2 aromatic rings. The number of rotatable bonds is 3. The van der Waals surface area contributed by atoms with Gasteiger partial charge in [-0.2, -0.15) is 5.10 Å². The normalized spacial score (nSPS) is 10.6. The topological polar surface area (TPSA) is 64.2 Å². The molecule has 0 spiro atoms. The molecule has 0 aliphatic carbocycles. The first kappa shape index (κ1) is 13.1. The molecule has 0 atom stereocenters. The minimum atomic E-state index is -0.169. The monoisotopic (exact) mass is 328 g/mol. The lowest BCUT2D eigenvalue weighted by atomic mass is 10.3. The van der Waals surface area contributed by atoms with Crippen LogP contribution >= 0.6 is 27.3 Å². The standard InChI is InChI=1S/C11H13BrN4OS/c1-15(4-8-3-7(12)6-18-8)11(17)10-9(13)5-16(2)14-10/h3,5-6H,4,13H2,1-2H3. The number of amides is 1. The van der Waals surface area contributed by atoms with Crippen LogP contribution in [0, 0.1) is 0 Å². The van der Waals surface area contributed by atoms with E-state index in [0.717, 1.165) is 9.35 Å². The van der Waals surface area contributed by atoms with E-state index in [-0.39, 0.29) is 5.91 Å². The van der Waals surface area contributed by atoms with E-state index < -0.39 is 0 Å². The number of aryl methyl sites for hydroxylation is 1. The van der Waals surface area contributed by atoms with Crippen LogP contribution in [-0.4, -0.2) is 27.6 Å². The highest BCUT2D eigenvalue weighted by Gasteiger charge is 2.18. The Balaban J connectivity index is 2.11. The van der Waals surface area contributed by atoms with Gasteiger partial charge in [0.05, 0.1) is 12.2 Å². The zero-order valence-corrected chi connectivity index (χ0v) is 12.5. The average Bonchev–Trinajstić information content (AvgIpc) is 2.84. The van der Waals surface area contributed by atoms with Gasteiger partial charge in [-0.3, -0.25) is 9.48 Å². The first-order valence-corrected chi connectivity index (χ1v) is 6.92. The molecule has 2 rings (SSSR count). The van der Waals surface area contributed by atoms with Crippen molar-refractivity contribution < 1.29 is 4.79 Å². The Morgan fingerprint density at radius 1 is 1.67 bits per heavy atom. The van der Waals surface area contributed by atoms with Crippen molar-refractivity contribution in [3.05, 3.63) is 32.7 Å². The minimum absolute atomic E-state index is 0.169. The molecule has 18 heavy (non-hydrogen) atoms. The lowest BCUT2D eigenvalue weighted by Gasteiger charge is -2.14. The number of aromatic nitrogens is 2. The predicted octanol–water partition coefficient (Wildman–Crippen LogP) is 2.10.